The van der Waals surface area contributed by atoms with Crippen molar-refractivity contribution in [1.82, 2.24) is 0 Å². The lowest BCUT2D eigenvalue weighted by Gasteiger charge is -2.27. The molecule has 2 N–H and O–H groups in total. The molecule has 2 atom stereocenters. The van der Waals surface area contributed by atoms with Crippen LogP contribution < -0.4 is 5.73 Å². The molecule has 0 radical (unpaired) electrons. The summed E-state index contributed by atoms with van der Waals surface area (Å²) < 4.78 is 25.9. The third-order valence-corrected chi connectivity index (χ3v) is 6.74. The van der Waals surface area contributed by atoms with Crippen molar-refractivity contribution < 1.29 is 8.42 Å². The fraction of sp³-hybridized carbons (Fsp3) is 0.625. The van der Waals surface area contributed by atoms with Crippen LogP contribution >= 0.6 is 0 Å². The molecule has 3 nitrogen and oxygen atoms in total. The summed E-state index contributed by atoms with van der Waals surface area (Å²) in [6.07, 6.45) is 5.80. The average Bonchev–Trinajstić information content (AvgIpc) is 2.36. The van der Waals surface area contributed by atoms with Crippen LogP contribution in [0.4, 0.5) is 0 Å². The minimum Gasteiger partial charge on any atom is -0.327 e. The molecule has 1 aromatic carbocycles. The van der Waals surface area contributed by atoms with Crippen LogP contribution in [0.15, 0.2) is 23.1 Å². The summed E-state index contributed by atoms with van der Waals surface area (Å²) in [4.78, 5) is 0.471. The van der Waals surface area contributed by atoms with Crippen molar-refractivity contribution in [2.45, 2.75) is 68.6 Å². The molecule has 2 unspecified atom stereocenters. The van der Waals surface area contributed by atoms with Crippen molar-refractivity contribution in [3.8, 4) is 0 Å². The first-order chi connectivity index (χ1) is 9.43. The second-order valence-corrected chi connectivity index (χ2v) is 8.14. The molecule has 0 heterocycles. The molecule has 0 saturated heterocycles. The predicted octanol–water partition coefficient (Wildman–Crippen LogP) is 3.13. The molecule has 0 aromatic heterocycles. The molecular weight excluding hydrogens is 270 g/mol. The fourth-order valence-electron chi connectivity index (χ4n) is 3.04. The third-order valence-electron chi connectivity index (χ3n) is 4.30. The van der Waals surface area contributed by atoms with Gasteiger partial charge < -0.3 is 5.73 Å². The molecule has 1 saturated carbocycles. The maximum Gasteiger partial charge on any atom is 0.183 e. The minimum atomic E-state index is -3.33. The van der Waals surface area contributed by atoms with E-state index in [4.69, 9.17) is 5.73 Å². The quantitative estimate of drug-likeness (QED) is 0.912. The highest BCUT2D eigenvalue weighted by atomic mass is 32.2. The Balaban J connectivity index is 2.39. The summed E-state index contributed by atoms with van der Waals surface area (Å²) in [6, 6.07) is 5.39. The van der Waals surface area contributed by atoms with E-state index in [9.17, 15) is 8.42 Å². The Labute approximate surface area is 122 Å². The molecule has 4 heteroatoms. The van der Waals surface area contributed by atoms with Gasteiger partial charge in [-0.3, -0.25) is 0 Å². The Morgan fingerprint density at radius 3 is 2.40 bits per heavy atom. The van der Waals surface area contributed by atoms with Gasteiger partial charge in [-0.1, -0.05) is 37.8 Å². The highest BCUT2D eigenvalue weighted by Gasteiger charge is 2.33. The van der Waals surface area contributed by atoms with Crippen molar-refractivity contribution in [3.63, 3.8) is 0 Å². The summed E-state index contributed by atoms with van der Waals surface area (Å²) in [7, 11) is -3.33. The molecule has 1 aliphatic carbocycles. The molecule has 20 heavy (non-hydrogen) atoms. The maximum atomic E-state index is 13.0. The van der Waals surface area contributed by atoms with Crippen LogP contribution in [-0.2, 0) is 9.84 Å². The van der Waals surface area contributed by atoms with Gasteiger partial charge in [0.25, 0.3) is 0 Å². The SMILES string of the molecule is Cc1ccc(C)c(S(=O)(=O)C2CCCCCCC2N)c1. The Hall–Kier alpha value is -0.870. The van der Waals surface area contributed by atoms with Gasteiger partial charge in [0.1, 0.15) is 0 Å². The van der Waals surface area contributed by atoms with E-state index in [0.717, 1.165) is 36.8 Å². The Morgan fingerprint density at radius 2 is 1.70 bits per heavy atom. The van der Waals surface area contributed by atoms with Gasteiger partial charge in [-0.05, 0) is 43.9 Å². The number of sulfone groups is 1. The van der Waals surface area contributed by atoms with E-state index < -0.39 is 15.1 Å². The van der Waals surface area contributed by atoms with Crippen molar-refractivity contribution in [1.29, 1.82) is 0 Å². The summed E-state index contributed by atoms with van der Waals surface area (Å²) in [5, 5.41) is -0.428. The molecular formula is C16H25NO2S. The van der Waals surface area contributed by atoms with Crippen LogP contribution in [-0.4, -0.2) is 19.7 Å². The zero-order valence-electron chi connectivity index (χ0n) is 12.4. The van der Waals surface area contributed by atoms with Gasteiger partial charge in [0.15, 0.2) is 9.84 Å². The lowest BCUT2D eigenvalue weighted by molar-refractivity contribution is 0.444. The predicted molar refractivity (Wildman–Crippen MR) is 82.6 cm³/mol. The second kappa shape index (κ2) is 6.27. The lowest BCUT2D eigenvalue weighted by atomic mass is 9.97. The molecule has 1 aliphatic rings. The van der Waals surface area contributed by atoms with Crippen LogP contribution in [0.3, 0.4) is 0 Å². The highest BCUT2D eigenvalue weighted by Crippen LogP contribution is 2.29. The van der Waals surface area contributed by atoms with E-state index in [1.54, 1.807) is 6.07 Å². The van der Waals surface area contributed by atoms with E-state index in [0.29, 0.717) is 11.3 Å². The van der Waals surface area contributed by atoms with E-state index in [-0.39, 0.29) is 6.04 Å². The molecule has 0 bridgehead atoms. The van der Waals surface area contributed by atoms with Crippen molar-refractivity contribution in [2.24, 2.45) is 5.73 Å². The third kappa shape index (κ3) is 3.23. The monoisotopic (exact) mass is 295 g/mol. The van der Waals surface area contributed by atoms with E-state index in [2.05, 4.69) is 0 Å². The molecule has 1 fully saturated rings. The molecule has 0 aliphatic heterocycles. The number of hydrogen-bond donors (Lipinski definition) is 1. The van der Waals surface area contributed by atoms with Crippen LogP contribution in [0.5, 0.6) is 0 Å². The first-order valence-electron chi connectivity index (χ1n) is 7.49. The smallest absolute Gasteiger partial charge is 0.183 e. The van der Waals surface area contributed by atoms with Gasteiger partial charge in [0.2, 0.25) is 0 Å². The summed E-state index contributed by atoms with van der Waals surface area (Å²) in [5.41, 5.74) is 7.98. The molecule has 1 aromatic rings. The van der Waals surface area contributed by atoms with Crippen molar-refractivity contribution in [3.05, 3.63) is 29.3 Å². The van der Waals surface area contributed by atoms with Gasteiger partial charge in [-0.15, -0.1) is 0 Å². The zero-order chi connectivity index (χ0) is 14.8. The van der Waals surface area contributed by atoms with Crippen molar-refractivity contribution >= 4 is 9.84 Å². The largest absolute Gasteiger partial charge is 0.327 e. The van der Waals surface area contributed by atoms with E-state index in [1.165, 1.54) is 6.42 Å². The Kier molecular flexibility index (Phi) is 4.86. The summed E-state index contributed by atoms with van der Waals surface area (Å²) >= 11 is 0. The maximum absolute atomic E-state index is 13.0. The standard InChI is InChI=1S/C16H25NO2S/c1-12-9-10-13(2)16(11-12)20(18,19)15-8-6-4-3-5-7-14(15)17/h9-11,14-15H,3-8,17H2,1-2H3. The molecule has 2 rings (SSSR count). The van der Waals surface area contributed by atoms with Crippen LogP contribution in [0.1, 0.15) is 49.7 Å². The number of rotatable bonds is 2. The normalized spacial score (nSPS) is 24.9. The van der Waals surface area contributed by atoms with Crippen LogP contribution in [0.25, 0.3) is 0 Å². The topological polar surface area (TPSA) is 60.2 Å². The van der Waals surface area contributed by atoms with Gasteiger partial charge >= 0.3 is 0 Å². The second-order valence-electron chi connectivity index (χ2n) is 6.01. The van der Waals surface area contributed by atoms with Gasteiger partial charge in [0.05, 0.1) is 10.1 Å². The van der Waals surface area contributed by atoms with Gasteiger partial charge in [-0.25, -0.2) is 8.42 Å². The zero-order valence-corrected chi connectivity index (χ0v) is 13.2. The average molecular weight is 295 g/mol. The molecule has 0 amide bonds. The van der Waals surface area contributed by atoms with Crippen molar-refractivity contribution in [2.75, 3.05) is 0 Å². The fourth-order valence-corrected chi connectivity index (χ4v) is 5.31. The van der Waals surface area contributed by atoms with Gasteiger partial charge in [-0.2, -0.15) is 0 Å². The van der Waals surface area contributed by atoms with Gasteiger partial charge in [0, 0.05) is 6.04 Å². The van der Waals surface area contributed by atoms with E-state index in [1.807, 2.05) is 26.0 Å². The summed E-state index contributed by atoms with van der Waals surface area (Å²) in [5.74, 6) is 0. The van der Waals surface area contributed by atoms with E-state index >= 15 is 0 Å². The number of aryl methyl sites for hydroxylation is 2. The molecule has 0 spiro atoms. The summed E-state index contributed by atoms with van der Waals surface area (Å²) in [6.45, 7) is 3.79. The lowest BCUT2D eigenvalue weighted by Crippen LogP contribution is -2.41. The number of nitrogens with two attached hydrogens (primary N) is 1. The minimum absolute atomic E-state index is 0.236. The number of hydrogen-bond acceptors (Lipinski definition) is 3. The Morgan fingerprint density at radius 1 is 1.05 bits per heavy atom. The Bertz CT molecular complexity index is 566. The first kappa shape index (κ1) is 15.5. The van der Waals surface area contributed by atoms with Crippen LogP contribution in [0.2, 0.25) is 0 Å². The van der Waals surface area contributed by atoms with Crippen LogP contribution in [0, 0.1) is 13.8 Å². The highest BCUT2D eigenvalue weighted by molar-refractivity contribution is 7.92. The molecule has 112 valence electrons. The number of benzene rings is 1. The first-order valence-corrected chi connectivity index (χ1v) is 9.04.